The number of hydrogen-bond donors (Lipinski definition) is 1. The van der Waals surface area contributed by atoms with Gasteiger partial charge in [0.15, 0.2) is 5.65 Å². The molecule has 0 radical (unpaired) electrons. The molecular formula is C27H25BrClN5O. The van der Waals surface area contributed by atoms with Crippen LogP contribution in [0.4, 0.5) is 5.82 Å². The molecule has 1 aliphatic carbocycles. The van der Waals surface area contributed by atoms with E-state index in [1.54, 1.807) is 6.20 Å². The van der Waals surface area contributed by atoms with Gasteiger partial charge in [-0.3, -0.25) is 4.79 Å². The predicted octanol–water partition coefficient (Wildman–Crippen LogP) is 5.95. The van der Waals surface area contributed by atoms with E-state index in [2.05, 4.69) is 43.4 Å². The summed E-state index contributed by atoms with van der Waals surface area (Å²) in [5, 5.41) is 8.83. The van der Waals surface area contributed by atoms with Crippen molar-refractivity contribution < 1.29 is 4.79 Å². The van der Waals surface area contributed by atoms with Crippen LogP contribution in [0.15, 0.2) is 71.3 Å². The van der Waals surface area contributed by atoms with Crippen LogP contribution in [0.5, 0.6) is 0 Å². The number of amides is 1. The van der Waals surface area contributed by atoms with Gasteiger partial charge in [0.25, 0.3) is 0 Å². The molecule has 4 aromatic rings. The van der Waals surface area contributed by atoms with Crippen LogP contribution in [-0.2, 0) is 10.2 Å². The second kappa shape index (κ2) is 8.95. The summed E-state index contributed by atoms with van der Waals surface area (Å²) in [6.07, 6.45) is 5.41. The molecule has 1 saturated carbocycles. The van der Waals surface area contributed by atoms with Crippen molar-refractivity contribution in [3.05, 3.63) is 81.9 Å². The number of carbonyl (C=O) groups is 1. The van der Waals surface area contributed by atoms with E-state index in [1.807, 2.05) is 53.0 Å². The standard InChI is InChI=1S/C27H25BrClN5O/c28-21-17-30-34-24(16-23(32-25(21)34)20-8-4-5-9-22(20)29)31-19-10-14-33(15-11-19)26(35)27(12-13-27)18-6-2-1-3-7-18/h1-9,16-17,19,31H,10-15H2. The van der Waals surface area contributed by atoms with Gasteiger partial charge in [0, 0.05) is 35.8 Å². The zero-order chi connectivity index (χ0) is 24.0. The molecule has 3 heterocycles. The highest BCUT2D eigenvalue weighted by Gasteiger charge is 2.53. The molecule has 0 atom stereocenters. The number of piperidine rings is 1. The summed E-state index contributed by atoms with van der Waals surface area (Å²) in [6.45, 7) is 1.50. The van der Waals surface area contributed by atoms with Gasteiger partial charge in [-0.05, 0) is 53.2 Å². The third-order valence-electron chi connectivity index (χ3n) is 7.20. The van der Waals surface area contributed by atoms with Crippen molar-refractivity contribution in [2.45, 2.75) is 37.1 Å². The number of carbonyl (C=O) groups excluding carboxylic acids is 1. The van der Waals surface area contributed by atoms with Crippen molar-refractivity contribution in [1.82, 2.24) is 19.5 Å². The Morgan fingerprint density at radius 2 is 1.77 bits per heavy atom. The molecule has 0 unspecified atom stereocenters. The number of rotatable bonds is 5. The Labute approximate surface area is 217 Å². The number of hydrogen-bond acceptors (Lipinski definition) is 4. The molecule has 2 fully saturated rings. The van der Waals surface area contributed by atoms with E-state index in [1.165, 1.54) is 0 Å². The first kappa shape index (κ1) is 22.6. The molecule has 0 spiro atoms. The van der Waals surface area contributed by atoms with Gasteiger partial charge in [-0.15, -0.1) is 0 Å². The Morgan fingerprint density at radius 1 is 1.06 bits per heavy atom. The summed E-state index contributed by atoms with van der Waals surface area (Å²) in [4.78, 5) is 20.3. The maximum atomic E-state index is 13.4. The number of halogens is 2. The Bertz CT molecular complexity index is 1390. The number of anilines is 1. The SMILES string of the molecule is O=C(N1CCC(Nc2cc(-c3ccccc3Cl)nc3c(Br)cnn23)CC1)C1(c2ccccc2)CC1. The number of likely N-dealkylation sites (tertiary alicyclic amines) is 1. The van der Waals surface area contributed by atoms with Gasteiger partial charge in [0.1, 0.15) is 5.82 Å². The molecule has 178 valence electrons. The Balaban J connectivity index is 1.20. The van der Waals surface area contributed by atoms with Crippen molar-refractivity contribution in [2.24, 2.45) is 0 Å². The molecule has 8 heteroatoms. The number of nitrogens with zero attached hydrogens (tertiary/aromatic N) is 4. The Hall–Kier alpha value is -2.90. The lowest BCUT2D eigenvalue weighted by atomic mass is 9.93. The minimum absolute atomic E-state index is 0.235. The lowest BCUT2D eigenvalue weighted by molar-refractivity contribution is -0.134. The Morgan fingerprint density at radius 3 is 2.49 bits per heavy atom. The first-order chi connectivity index (χ1) is 17.0. The highest BCUT2D eigenvalue weighted by atomic mass is 79.9. The highest BCUT2D eigenvalue weighted by Crippen LogP contribution is 2.49. The van der Waals surface area contributed by atoms with Crippen molar-refractivity contribution in [3.63, 3.8) is 0 Å². The van der Waals surface area contributed by atoms with Crippen LogP contribution < -0.4 is 5.32 Å². The molecule has 2 aromatic carbocycles. The molecule has 0 bridgehead atoms. The number of benzene rings is 2. The predicted molar refractivity (Wildman–Crippen MR) is 142 cm³/mol. The summed E-state index contributed by atoms with van der Waals surface area (Å²) in [5.41, 5.74) is 3.25. The topological polar surface area (TPSA) is 62.5 Å². The van der Waals surface area contributed by atoms with Gasteiger partial charge in [-0.25, -0.2) is 4.98 Å². The maximum Gasteiger partial charge on any atom is 0.233 e. The molecule has 2 aliphatic rings. The summed E-state index contributed by atoms with van der Waals surface area (Å²) >= 11 is 10.0. The number of aromatic nitrogens is 3. The minimum Gasteiger partial charge on any atom is -0.367 e. The van der Waals surface area contributed by atoms with Gasteiger partial charge in [0.2, 0.25) is 5.91 Å². The van der Waals surface area contributed by atoms with Crippen molar-refractivity contribution in [3.8, 4) is 11.3 Å². The molecule has 2 aromatic heterocycles. The molecule has 1 N–H and O–H groups in total. The van der Waals surface area contributed by atoms with Crippen LogP contribution in [-0.4, -0.2) is 44.5 Å². The van der Waals surface area contributed by atoms with E-state index >= 15 is 0 Å². The fourth-order valence-corrected chi connectivity index (χ4v) is 5.67. The molecule has 6 rings (SSSR count). The summed E-state index contributed by atoms with van der Waals surface area (Å²) in [6, 6.07) is 20.2. The van der Waals surface area contributed by atoms with Gasteiger partial charge in [-0.1, -0.05) is 60.1 Å². The summed E-state index contributed by atoms with van der Waals surface area (Å²) in [7, 11) is 0. The summed E-state index contributed by atoms with van der Waals surface area (Å²) in [5.74, 6) is 1.15. The second-order valence-electron chi connectivity index (χ2n) is 9.39. The van der Waals surface area contributed by atoms with E-state index in [9.17, 15) is 4.79 Å². The van der Waals surface area contributed by atoms with E-state index in [0.717, 1.165) is 71.5 Å². The molecule has 1 amide bonds. The maximum absolute atomic E-state index is 13.4. The molecule has 1 aliphatic heterocycles. The smallest absolute Gasteiger partial charge is 0.233 e. The zero-order valence-electron chi connectivity index (χ0n) is 19.1. The number of nitrogens with one attached hydrogen (secondary N) is 1. The van der Waals surface area contributed by atoms with Crippen molar-refractivity contribution in [1.29, 1.82) is 0 Å². The monoisotopic (exact) mass is 549 g/mol. The van der Waals surface area contributed by atoms with Crippen LogP contribution in [0, 0.1) is 0 Å². The Kier molecular flexibility index (Phi) is 5.77. The third-order valence-corrected chi connectivity index (χ3v) is 8.09. The third kappa shape index (κ3) is 4.10. The van der Waals surface area contributed by atoms with Gasteiger partial charge < -0.3 is 10.2 Å². The fraction of sp³-hybridized carbons (Fsp3) is 0.296. The van der Waals surface area contributed by atoms with E-state index in [0.29, 0.717) is 5.02 Å². The van der Waals surface area contributed by atoms with E-state index in [-0.39, 0.29) is 17.4 Å². The van der Waals surface area contributed by atoms with Crippen LogP contribution in [0.2, 0.25) is 5.02 Å². The molecule has 35 heavy (non-hydrogen) atoms. The highest BCUT2D eigenvalue weighted by molar-refractivity contribution is 9.10. The average Bonchev–Trinajstić information content (AvgIpc) is 3.62. The van der Waals surface area contributed by atoms with Crippen LogP contribution in [0.1, 0.15) is 31.2 Å². The van der Waals surface area contributed by atoms with Gasteiger partial charge >= 0.3 is 0 Å². The molecule has 6 nitrogen and oxygen atoms in total. The normalized spacial score (nSPS) is 17.5. The van der Waals surface area contributed by atoms with E-state index < -0.39 is 0 Å². The van der Waals surface area contributed by atoms with Crippen LogP contribution in [0.25, 0.3) is 16.9 Å². The quantitative estimate of drug-likeness (QED) is 0.334. The van der Waals surface area contributed by atoms with Gasteiger partial charge in [-0.2, -0.15) is 9.61 Å². The largest absolute Gasteiger partial charge is 0.367 e. The van der Waals surface area contributed by atoms with Crippen molar-refractivity contribution in [2.75, 3.05) is 18.4 Å². The summed E-state index contributed by atoms with van der Waals surface area (Å²) < 4.78 is 2.64. The minimum atomic E-state index is -0.302. The zero-order valence-corrected chi connectivity index (χ0v) is 21.5. The molecule has 1 saturated heterocycles. The molecular weight excluding hydrogens is 526 g/mol. The van der Waals surface area contributed by atoms with Crippen LogP contribution in [0.3, 0.4) is 0 Å². The first-order valence-electron chi connectivity index (χ1n) is 12.0. The lowest BCUT2D eigenvalue weighted by Crippen LogP contribution is -2.46. The second-order valence-corrected chi connectivity index (χ2v) is 10.7. The van der Waals surface area contributed by atoms with Crippen molar-refractivity contribution >= 4 is 44.9 Å². The first-order valence-corrected chi connectivity index (χ1v) is 13.1. The average molecular weight is 551 g/mol. The fourth-order valence-electron chi connectivity index (χ4n) is 5.09. The van der Waals surface area contributed by atoms with Crippen LogP contribution >= 0.6 is 27.5 Å². The lowest BCUT2D eigenvalue weighted by Gasteiger charge is -2.35. The van der Waals surface area contributed by atoms with E-state index in [4.69, 9.17) is 16.6 Å². The number of fused-ring (bicyclic) bond motifs is 1. The van der Waals surface area contributed by atoms with Gasteiger partial charge in [0.05, 0.1) is 21.8 Å².